The third-order valence-corrected chi connectivity index (χ3v) is 3.74. The Morgan fingerprint density at radius 3 is 2.25 bits per heavy atom. The highest BCUT2D eigenvalue weighted by Crippen LogP contribution is 2.25. The number of nitrogens with two attached hydrogens (primary N) is 1. The lowest BCUT2D eigenvalue weighted by molar-refractivity contribution is 0.467. The predicted octanol–water partition coefficient (Wildman–Crippen LogP) is 4.14. The Hall–Kier alpha value is -1.67. The fourth-order valence-electron chi connectivity index (χ4n) is 2.69. The van der Waals surface area contributed by atoms with Crippen molar-refractivity contribution >= 4 is 0 Å². The number of hydrogen-bond acceptors (Lipinski definition) is 1. The maximum absolute atomic E-state index is 13.0. The Kier molecular flexibility index (Phi) is 5.31. The first-order valence-electron chi connectivity index (χ1n) is 7.18. The summed E-state index contributed by atoms with van der Waals surface area (Å²) in [5.41, 5.74) is 8.38. The van der Waals surface area contributed by atoms with Crippen LogP contribution in [0, 0.1) is 11.7 Å². The minimum absolute atomic E-state index is 0.193. The first-order chi connectivity index (χ1) is 9.69. The first-order valence-corrected chi connectivity index (χ1v) is 7.18. The molecule has 20 heavy (non-hydrogen) atoms. The number of halogens is 1. The van der Waals surface area contributed by atoms with Crippen LogP contribution in [0.15, 0.2) is 54.6 Å². The summed E-state index contributed by atoms with van der Waals surface area (Å²) in [6.45, 7) is 2.85. The van der Waals surface area contributed by atoms with E-state index in [2.05, 4.69) is 31.2 Å². The van der Waals surface area contributed by atoms with E-state index in [9.17, 15) is 4.39 Å². The van der Waals surface area contributed by atoms with Gasteiger partial charge in [0.25, 0.3) is 0 Å². The second-order valence-electron chi connectivity index (χ2n) is 5.51. The largest absolute Gasteiger partial charge is 0.330 e. The highest BCUT2D eigenvalue weighted by atomic mass is 19.1. The van der Waals surface area contributed by atoms with Gasteiger partial charge in [0, 0.05) is 0 Å². The highest BCUT2D eigenvalue weighted by molar-refractivity contribution is 5.21. The second-order valence-corrected chi connectivity index (χ2v) is 5.51. The molecule has 0 bridgehead atoms. The van der Waals surface area contributed by atoms with Crippen molar-refractivity contribution in [3.8, 4) is 0 Å². The molecule has 0 aliphatic rings. The lowest BCUT2D eigenvalue weighted by atomic mass is 9.86. The van der Waals surface area contributed by atoms with Crippen LogP contribution in [0.5, 0.6) is 0 Å². The van der Waals surface area contributed by atoms with Crippen LogP contribution in [0.1, 0.15) is 30.4 Å². The average Bonchev–Trinajstić information content (AvgIpc) is 2.47. The summed E-state index contributed by atoms with van der Waals surface area (Å²) in [6, 6.07) is 17.2. The van der Waals surface area contributed by atoms with Crippen LogP contribution in [0.2, 0.25) is 0 Å². The van der Waals surface area contributed by atoms with Gasteiger partial charge in [-0.15, -0.1) is 0 Å². The zero-order valence-corrected chi connectivity index (χ0v) is 11.9. The van der Waals surface area contributed by atoms with E-state index in [0.717, 1.165) is 18.4 Å². The molecule has 2 aromatic rings. The van der Waals surface area contributed by atoms with Crippen LogP contribution >= 0.6 is 0 Å². The fraction of sp³-hybridized carbons (Fsp3) is 0.333. The maximum Gasteiger partial charge on any atom is 0.123 e. The molecule has 0 aliphatic heterocycles. The topological polar surface area (TPSA) is 26.0 Å². The van der Waals surface area contributed by atoms with Crippen molar-refractivity contribution in [1.29, 1.82) is 0 Å². The van der Waals surface area contributed by atoms with E-state index in [1.54, 1.807) is 0 Å². The van der Waals surface area contributed by atoms with Gasteiger partial charge in [-0.1, -0.05) is 49.4 Å². The summed E-state index contributed by atoms with van der Waals surface area (Å²) in [7, 11) is 0. The standard InChI is InChI=1S/C18H22FN/c1-14(11-15-5-3-2-4-6-15)12-17(13-20)16-7-9-18(19)10-8-16/h2-10,14,17H,11-13,20H2,1H3. The van der Waals surface area contributed by atoms with Gasteiger partial charge in [0.2, 0.25) is 0 Å². The summed E-state index contributed by atoms with van der Waals surface area (Å²) in [6.07, 6.45) is 2.08. The Bertz CT molecular complexity index is 507. The van der Waals surface area contributed by atoms with Gasteiger partial charge >= 0.3 is 0 Å². The molecule has 2 atom stereocenters. The maximum atomic E-state index is 13.0. The quantitative estimate of drug-likeness (QED) is 0.839. The molecule has 0 radical (unpaired) electrons. The van der Waals surface area contributed by atoms with E-state index in [4.69, 9.17) is 5.73 Å². The highest BCUT2D eigenvalue weighted by Gasteiger charge is 2.14. The first kappa shape index (κ1) is 14.7. The van der Waals surface area contributed by atoms with Crippen molar-refractivity contribution in [2.45, 2.75) is 25.7 Å². The minimum Gasteiger partial charge on any atom is -0.330 e. The normalized spacial score (nSPS) is 13.9. The molecular weight excluding hydrogens is 249 g/mol. The molecule has 0 aliphatic carbocycles. The Balaban J connectivity index is 1.97. The summed E-state index contributed by atoms with van der Waals surface area (Å²) in [4.78, 5) is 0. The molecule has 2 aromatic carbocycles. The Labute approximate surface area is 120 Å². The zero-order chi connectivity index (χ0) is 14.4. The molecule has 2 unspecified atom stereocenters. The molecular formula is C18H22FN. The summed E-state index contributed by atoms with van der Waals surface area (Å²) >= 11 is 0. The van der Waals surface area contributed by atoms with Crippen LogP contribution in [-0.4, -0.2) is 6.54 Å². The molecule has 0 saturated carbocycles. The lowest BCUT2D eigenvalue weighted by Gasteiger charge is -2.20. The van der Waals surface area contributed by atoms with E-state index in [1.165, 1.54) is 17.7 Å². The van der Waals surface area contributed by atoms with Gasteiger partial charge < -0.3 is 5.73 Å². The Morgan fingerprint density at radius 2 is 1.65 bits per heavy atom. The van der Waals surface area contributed by atoms with Crippen molar-refractivity contribution in [2.24, 2.45) is 11.7 Å². The monoisotopic (exact) mass is 271 g/mol. The van der Waals surface area contributed by atoms with Crippen LogP contribution in [0.25, 0.3) is 0 Å². The van der Waals surface area contributed by atoms with E-state index in [1.807, 2.05) is 18.2 Å². The summed E-state index contributed by atoms with van der Waals surface area (Å²) < 4.78 is 13.0. The van der Waals surface area contributed by atoms with Gasteiger partial charge in [0.05, 0.1) is 0 Å². The molecule has 0 fully saturated rings. The van der Waals surface area contributed by atoms with E-state index >= 15 is 0 Å². The SMILES string of the molecule is CC(Cc1ccccc1)CC(CN)c1ccc(F)cc1. The molecule has 0 aromatic heterocycles. The van der Waals surface area contributed by atoms with Crippen LogP contribution in [0.3, 0.4) is 0 Å². The fourth-order valence-corrected chi connectivity index (χ4v) is 2.69. The van der Waals surface area contributed by atoms with E-state index in [0.29, 0.717) is 18.4 Å². The Morgan fingerprint density at radius 1 is 1.00 bits per heavy atom. The molecule has 0 saturated heterocycles. The van der Waals surface area contributed by atoms with Crippen molar-refractivity contribution in [2.75, 3.05) is 6.54 Å². The molecule has 0 heterocycles. The molecule has 2 N–H and O–H groups in total. The van der Waals surface area contributed by atoms with E-state index in [-0.39, 0.29) is 5.82 Å². The van der Waals surface area contributed by atoms with Crippen molar-refractivity contribution in [3.05, 3.63) is 71.5 Å². The molecule has 1 nitrogen and oxygen atoms in total. The summed E-state index contributed by atoms with van der Waals surface area (Å²) in [5.74, 6) is 0.659. The molecule has 2 heteroatoms. The second kappa shape index (κ2) is 7.20. The third-order valence-electron chi connectivity index (χ3n) is 3.74. The van der Waals surface area contributed by atoms with Crippen molar-refractivity contribution in [3.63, 3.8) is 0 Å². The minimum atomic E-state index is -0.193. The third kappa shape index (κ3) is 4.17. The lowest BCUT2D eigenvalue weighted by Crippen LogP contribution is -2.16. The molecule has 0 spiro atoms. The smallest absolute Gasteiger partial charge is 0.123 e. The van der Waals surface area contributed by atoms with Crippen LogP contribution in [0.4, 0.5) is 4.39 Å². The zero-order valence-electron chi connectivity index (χ0n) is 11.9. The molecule has 106 valence electrons. The summed E-state index contributed by atoms with van der Waals surface area (Å²) in [5, 5.41) is 0. The number of hydrogen-bond donors (Lipinski definition) is 1. The van der Waals surface area contributed by atoms with Gasteiger partial charge in [0.15, 0.2) is 0 Å². The number of rotatable bonds is 6. The predicted molar refractivity (Wildman–Crippen MR) is 82.1 cm³/mol. The van der Waals surface area contributed by atoms with E-state index < -0.39 is 0 Å². The van der Waals surface area contributed by atoms with Gasteiger partial charge in [-0.05, 0) is 54.5 Å². The van der Waals surface area contributed by atoms with Gasteiger partial charge in [-0.3, -0.25) is 0 Å². The van der Waals surface area contributed by atoms with Gasteiger partial charge in [-0.2, -0.15) is 0 Å². The van der Waals surface area contributed by atoms with Gasteiger partial charge in [0.1, 0.15) is 5.82 Å². The average molecular weight is 271 g/mol. The van der Waals surface area contributed by atoms with Crippen molar-refractivity contribution < 1.29 is 4.39 Å². The number of benzene rings is 2. The van der Waals surface area contributed by atoms with Gasteiger partial charge in [-0.25, -0.2) is 4.39 Å². The van der Waals surface area contributed by atoms with Crippen molar-refractivity contribution in [1.82, 2.24) is 0 Å². The molecule has 2 rings (SSSR count). The molecule has 0 amide bonds. The van der Waals surface area contributed by atoms with Crippen LogP contribution in [-0.2, 0) is 6.42 Å². The van der Waals surface area contributed by atoms with Crippen LogP contribution < -0.4 is 5.73 Å².